The van der Waals surface area contributed by atoms with Gasteiger partial charge in [-0.25, -0.2) is 0 Å². The number of aromatic nitrogens is 3. The summed E-state index contributed by atoms with van der Waals surface area (Å²) in [6.45, 7) is 6.41. The first-order valence-corrected chi connectivity index (χ1v) is 21.0. The minimum absolute atomic E-state index is 0.102. The van der Waals surface area contributed by atoms with E-state index in [-0.39, 0.29) is 42.3 Å². The Morgan fingerprint density at radius 1 is 1.02 bits per heavy atom. The Morgan fingerprint density at radius 2 is 1.75 bits per heavy atom. The second kappa shape index (κ2) is 14.7. The molecule has 1 spiro atoms. The molecule has 0 aliphatic carbocycles. The number of nitrogens with zero attached hydrogens (tertiary/aromatic N) is 4. The van der Waals surface area contributed by atoms with Crippen LogP contribution in [0.1, 0.15) is 52.0 Å². The highest BCUT2D eigenvalue weighted by Gasteiger charge is 2.66. The van der Waals surface area contributed by atoms with E-state index in [0.29, 0.717) is 41.2 Å². The third-order valence-corrected chi connectivity index (χ3v) is 13.2. The van der Waals surface area contributed by atoms with E-state index >= 15 is 0 Å². The highest BCUT2D eigenvalue weighted by molar-refractivity contribution is 6.71. The summed E-state index contributed by atoms with van der Waals surface area (Å²) in [4.78, 5) is 41.4. The second-order valence-corrected chi connectivity index (χ2v) is 18.5. The average molecular weight is 732 g/mol. The highest BCUT2D eigenvalue weighted by Crippen LogP contribution is 2.60. The molecular formula is C41H45N5O6Si. The molecule has 1 saturated heterocycles. The number of aliphatic hydroxyl groups excluding tert-OH is 1. The zero-order valence-electron chi connectivity index (χ0n) is 30.3. The van der Waals surface area contributed by atoms with Crippen molar-refractivity contribution in [2.24, 2.45) is 5.92 Å². The molecule has 0 radical (unpaired) electrons. The Balaban J connectivity index is 1.16. The number of carbonyl (C=O) groups is 2. The van der Waals surface area contributed by atoms with E-state index in [9.17, 15) is 19.5 Å². The van der Waals surface area contributed by atoms with E-state index in [1.54, 1.807) is 28.8 Å². The standard InChI is InChI=1S/C41H45N5O6Si/c1-27-38(53(3,4)50)37(20-21-45-25-35(43-44-45)33(26-47)29-13-7-5-8-14-29)52-41(27)34-23-32(51-2)18-19-36(34)46(40(41)49)24-28-12-11-17-31(22-28)42-39(48)30-15-9-6-10-16-30/h5-19,22-23,25,27,33,37-38,47,50H,20-21,24,26H2,1-4H3,(H,42,48)/t27-,33?,37+,38-,41+/m1/s1. The fraction of sp³-hybridized carbons (Fsp3) is 0.317. The molecule has 11 nitrogen and oxygen atoms in total. The van der Waals surface area contributed by atoms with Crippen LogP contribution < -0.4 is 15.0 Å². The van der Waals surface area contributed by atoms with Gasteiger partial charge in [0.15, 0.2) is 13.9 Å². The molecule has 274 valence electrons. The van der Waals surface area contributed by atoms with Gasteiger partial charge in [0.2, 0.25) is 0 Å². The Bertz CT molecular complexity index is 2090. The van der Waals surface area contributed by atoms with Gasteiger partial charge in [-0.2, -0.15) is 0 Å². The summed E-state index contributed by atoms with van der Waals surface area (Å²) in [6, 6.07) is 31.8. The van der Waals surface area contributed by atoms with Crippen LogP contribution in [-0.2, 0) is 28.2 Å². The minimum atomic E-state index is -2.91. The number of fused-ring (bicyclic) bond motifs is 2. The SMILES string of the molecule is COc1ccc2c(c1)[C@]1(O[C@@H](CCn3cc(C(CO)c4ccccc4)nn3)[C@H]([Si](C)(C)O)[C@H]1C)C(=O)N2Cc1cccc(NC(=O)c2ccccc2)c1. The van der Waals surface area contributed by atoms with Crippen LogP contribution in [0.5, 0.6) is 5.75 Å². The number of carbonyl (C=O) groups excluding carboxylic acids is 2. The maximum absolute atomic E-state index is 15.0. The molecule has 4 aromatic carbocycles. The normalized spacial score (nSPS) is 21.5. The summed E-state index contributed by atoms with van der Waals surface area (Å²) >= 11 is 0. The number of amides is 2. The van der Waals surface area contributed by atoms with Crippen LogP contribution in [0.2, 0.25) is 18.6 Å². The van der Waals surface area contributed by atoms with Gasteiger partial charge in [0.05, 0.1) is 43.7 Å². The zero-order chi connectivity index (χ0) is 37.3. The molecule has 53 heavy (non-hydrogen) atoms. The lowest BCUT2D eigenvalue weighted by molar-refractivity contribution is -0.146. The van der Waals surface area contributed by atoms with Crippen molar-refractivity contribution in [1.82, 2.24) is 15.0 Å². The lowest BCUT2D eigenvalue weighted by Crippen LogP contribution is -2.46. The van der Waals surface area contributed by atoms with Crippen molar-refractivity contribution in [2.45, 2.75) is 62.7 Å². The van der Waals surface area contributed by atoms with Crippen molar-refractivity contribution in [3.05, 3.63) is 137 Å². The van der Waals surface area contributed by atoms with Crippen LogP contribution in [-0.4, -0.2) is 64.8 Å². The quantitative estimate of drug-likeness (QED) is 0.131. The maximum atomic E-state index is 15.0. The first-order chi connectivity index (χ1) is 25.5. The number of benzene rings is 4. The molecule has 0 bridgehead atoms. The van der Waals surface area contributed by atoms with Gasteiger partial charge < -0.3 is 29.6 Å². The summed E-state index contributed by atoms with van der Waals surface area (Å²) in [5.74, 6) is -0.478. The van der Waals surface area contributed by atoms with Gasteiger partial charge in [-0.1, -0.05) is 72.8 Å². The van der Waals surface area contributed by atoms with E-state index in [0.717, 1.165) is 16.8 Å². The smallest absolute Gasteiger partial charge is 0.264 e. The minimum Gasteiger partial charge on any atom is -0.497 e. The fourth-order valence-corrected chi connectivity index (χ4v) is 10.8. The van der Waals surface area contributed by atoms with E-state index in [1.165, 1.54) is 0 Å². The Labute approximate surface area is 310 Å². The number of aryl methyl sites for hydroxylation is 1. The van der Waals surface area contributed by atoms with Gasteiger partial charge in [0.25, 0.3) is 11.8 Å². The van der Waals surface area contributed by atoms with Crippen LogP contribution in [0.15, 0.2) is 109 Å². The van der Waals surface area contributed by atoms with Gasteiger partial charge in [0.1, 0.15) is 5.75 Å². The molecule has 2 aliphatic rings. The van der Waals surface area contributed by atoms with E-state index in [1.807, 2.05) is 117 Å². The molecule has 1 fully saturated rings. The Morgan fingerprint density at radius 3 is 2.45 bits per heavy atom. The number of rotatable bonds is 12. The average Bonchev–Trinajstić information content (AvgIpc) is 3.82. The van der Waals surface area contributed by atoms with Crippen molar-refractivity contribution in [2.75, 3.05) is 23.9 Å². The maximum Gasteiger partial charge on any atom is 0.264 e. The largest absolute Gasteiger partial charge is 0.497 e. The van der Waals surface area contributed by atoms with Gasteiger partial charge in [-0.05, 0) is 73.1 Å². The Kier molecular flexibility index (Phi) is 10.1. The molecule has 3 heterocycles. The molecule has 5 atom stereocenters. The van der Waals surface area contributed by atoms with Crippen molar-refractivity contribution in [3.8, 4) is 5.75 Å². The molecule has 2 amide bonds. The van der Waals surface area contributed by atoms with Crippen molar-refractivity contribution in [1.29, 1.82) is 0 Å². The van der Waals surface area contributed by atoms with Gasteiger partial charge >= 0.3 is 0 Å². The molecule has 2 aliphatic heterocycles. The number of hydrogen-bond acceptors (Lipinski definition) is 8. The first-order valence-electron chi connectivity index (χ1n) is 17.9. The summed E-state index contributed by atoms with van der Waals surface area (Å²) in [5.41, 5.74) is 3.42. The fourth-order valence-electron chi connectivity index (χ4n) is 8.23. The van der Waals surface area contributed by atoms with E-state index < -0.39 is 20.0 Å². The first kappa shape index (κ1) is 36.2. The summed E-state index contributed by atoms with van der Waals surface area (Å²) in [7, 11) is -1.32. The molecule has 7 rings (SSSR count). The number of anilines is 2. The lowest BCUT2D eigenvalue weighted by Gasteiger charge is -2.32. The van der Waals surface area contributed by atoms with Crippen LogP contribution in [0.3, 0.4) is 0 Å². The topological polar surface area (TPSA) is 139 Å². The van der Waals surface area contributed by atoms with Crippen LogP contribution in [0.25, 0.3) is 0 Å². The summed E-state index contributed by atoms with van der Waals surface area (Å²) in [6.07, 6.45) is 1.88. The van der Waals surface area contributed by atoms with E-state index in [2.05, 4.69) is 15.6 Å². The van der Waals surface area contributed by atoms with Crippen molar-refractivity contribution in [3.63, 3.8) is 0 Å². The number of methoxy groups -OCH3 is 1. The van der Waals surface area contributed by atoms with Crippen molar-refractivity contribution >= 4 is 31.5 Å². The summed E-state index contributed by atoms with van der Waals surface area (Å²) in [5, 5.41) is 21.9. The van der Waals surface area contributed by atoms with Gasteiger partial charge in [0, 0.05) is 41.0 Å². The molecule has 12 heteroatoms. The van der Waals surface area contributed by atoms with Crippen LogP contribution in [0.4, 0.5) is 11.4 Å². The third-order valence-electron chi connectivity index (χ3n) is 10.7. The van der Waals surface area contributed by atoms with Gasteiger partial charge in [-0.3, -0.25) is 14.3 Å². The van der Waals surface area contributed by atoms with Crippen LogP contribution >= 0.6 is 0 Å². The monoisotopic (exact) mass is 731 g/mol. The molecule has 0 saturated carbocycles. The number of hydrogen-bond donors (Lipinski definition) is 3. The molecule has 5 aromatic rings. The predicted molar refractivity (Wildman–Crippen MR) is 204 cm³/mol. The van der Waals surface area contributed by atoms with Gasteiger partial charge in [-0.15, -0.1) is 5.10 Å². The molecular weight excluding hydrogens is 687 g/mol. The molecule has 1 unspecified atom stereocenters. The van der Waals surface area contributed by atoms with Crippen molar-refractivity contribution < 1.29 is 29.0 Å². The highest BCUT2D eigenvalue weighted by atomic mass is 28.4. The van der Waals surface area contributed by atoms with Crippen LogP contribution in [0, 0.1) is 5.92 Å². The molecule has 3 N–H and O–H groups in total. The summed E-state index contributed by atoms with van der Waals surface area (Å²) < 4.78 is 14.4. The number of ether oxygens (including phenoxy) is 2. The third kappa shape index (κ3) is 6.90. The van der Waals surface area contributed by atoms with E-state index in [4.69, 9.17) is 9.47 Å². The zero-order valence-corrected chi connectivity index (χ0v) is 31.3. The number of aliphatic hydroxyl groups is 1. The number of nitrogens with one attached hydrogen (secondary N) is 1. The predicted octanol–water partition coefficient (Wildman–Crippen LogP) is 6.10. The molecule has 1 aromatic heterocycles. The second-order valence-electron chi connectivity index (χ2n) is 14.5. The lowest BCUT2D eigenvalue weighted by atomic mass is 9.82. The Hall–Kier alpha value is -5.14.